The summed E-state index contributed by atoms with van der Waals surface area (Å²) in [7, 11) is 0. The molecular formula is C20H23N7O. The number of carbonyl (C=O) groups excluding carboxylic acids is 1. The van der Waals surface area contributed by atoms with Crippen LogP contribution in [0.5, 0.6) is 0 Å². The van der Waals surface area contributed by atoms with Crippen LogP contribution < -0.4 is 4.90 Å². The van der Waals surface area contributed by atoms with Crippen molar-refractivity contribution < 1.29 is 4.79 Å². The van der Waals surface area contributed by atoms with E-state index in [1.54, 1.807) is 11.0 Å². The van der Waals surface area contributed by atoms with E-state index in [1.807, 2.05) is 35.2 Å². The summed E-state index contributed by atoms with van der Waals surface area (Å²) < 4.78 is 1.74. The van der Waals surface area contributed by atoms with E-state index in [4.69, 9.17) is 0 Å². The SMILES string of the molecule is O=C(C1CCCC1)N1CCN(c2ncnc3c2nnn3-c2ccccc2)CC1. The molecule has 0 bridgehead atoms. The minimum atomic E-state index is 0.239. The maximum Gasteiger partial charge on any atom is 0.225 e. The third-order valence-electron chi connectivity index (χ3n) is 5.81. The van der Waals surface area contributed by atoms with Gasteiger partial charge in [0.15, 0.2) is 17.0 Å². The van der Waals surface area contributed by atoms with Crippen LogP contribution in [0, 0.1) is 5.92 Å². The Bertz CT molecular complexity index is 973. The first-order valence-corrected chi connectivity index (χ1v) is 9.97. The Morgan fingerprint density at radius 1 is 0.964 bits per heavy atom. The quantitative estimate of drug-likeness (QED) is 0.695. The summed E-state index contributed by atoms with van der Waals surface area (Å²) in [6.07, 6.45) is 6.04. The standard InChI is InChI=1S/C20H23N7O/c28-20(15-6-4-5-7-15)26-12-10-25(11-13-26)18-17-19(22-14-21-18)27(24-23-17)16-8-2-1-3-9-16/h1-3,8-9,14-15H,4-7,10-13H2. The fraction of sp³-hybridized carbons (Fsp3) is 0.450. The molecule has 0 radical (unpaired) electrons. The van der Waals surface area contributed by atoms with E-state index in [0.717, 1.165) is 50.5 Å². The first-order valence-electron chi connectivity index (χ1n) is 9.97. The van der Waals surface area contributed by atoms with Gasteiger partial charge in [0.2, 0.25) is 5.91 Å². The molecule has 2 aliphatic rings. The van der Waals surface area contributed by atoms with Gasteiger partial charge in [0.1, 0.15) is 6.33 Å². The van der Waals surface area contributed by atoms with Gasteiger partial charge in [0.25, 0.3) is 0 Å². The summed E-state index contributed by atoms with van der Waals surface area (Å²) in [5, 5.41) is 8.64. The molecule has 1 saturated heterocycles. The first kappa shape index (κ1) is 17.1. The fourth-order valence-electron chi connectivity index (χ4n) is 4.28. The van der Waals surface area contributed by atoms with Crippen molar-refractivity contribution >= 4 is 22.9 Å². The molecule has 1 aliphatic carbocycles. The largest absolute Gasteiger partial charge is 0.351 e. The zero-order valence-electron chi connectivity index (χ0n) is 15.7. The molecule has 2 aromatic heterocycles. The Hall–Kier alpha value is -3.03. The molecule has 3 aromatic rings. The average molecular weight is 377 g/mol. The predicted molar refractivity (Wildman–Crippen MR) is 105 cm³/mol. The van der Waals surface area contributed by atoms with Gasteiger partial charge >= 0.3 is 0 Å². The van der Waals surface area contributed by atoms with Crippen LogP contribution in [0.15, 0.2) is 36.7 Å². The van der Waals surface area contributed by atoms with Crippen molar-refractivity contribution in [3.8, 4) is 5.69 Å². The molecular weight excluding hydrogens is 354 g/mol. The van der Waals surface area contributed by atoms with E-state index >= 15 is 0 Å². The zero-order valence-corrected chi connectivity index (χ0v) is 15.7. The highest BCUT2D eigenvalue weighted by atomic mass is 16.2. The minimum Gasteiger partial charge on any atom is -0.351 e. The first-order chi connectivity index (χ1) is 13.8. The molecule has 0 unspecified atom stereocenters. The molecule has 2 fully saturated rings. The van der Waals surface area contributed by atoms with Crippen molar-refractivity contribution in [3.63, 3.8) is 0 Å². The fourth-order valence-corrected chi connectivity index (χ4v) is 4.28. The van der Waals surface area contributed by atoms with E-state index in [1.165, 1.54) is 12.8 Å². The molecule has 5 rings (SSSR count). The van der Waals surface area contributed by atoms with Gasteiger partial charge in [-0.2, -0.15) is 4.68 Å². The molecule has 144 valence electrons. The normalized spacial score (nSPS) is 18.1. The van der Waals surface area contributed by atoms with Crippen LogP contribution in [-0.4, -0.2) is 61.9 Å². The number of piperazine rings is 1. The van der Waals surface area contributed by atoms with E-state index < -0.39 is 0 Å². The van der Waals surface area contributed by atoms with Crippen molar-refractivity contribution in [1.82, 2.24) is 29.9 Å². The van der Waals surface area contributed by atoms with Gasteiger partial charge in [-0.15, -0.1) is 5.10 Å². The van der Waals surface area contributed by atoms with Crippen molar-refractivity contribution in [3.05, 3.63) is 36.7 Å². The van der Waals surface area contributed by atoms with E-state index in [0.29, 0.717) is 17.1 Å². The highest BCUT2D eigenvalue weighted by molar-refractivity contribution is 5.84. The zero-order chi connectivity index (χ0) is 18.9. The van der Waals surface area contributed by atoms with Crippen molar-refractivity contribution in [2.75, 3.05) is 31.1 Å². The summed E-state index contributed by atoms with van der Waals surface area (Å²) in [4.78, 5) is 25.8. The van der Waals surface area contributed by atoms with Crippen molar-refractivity contribution in [1.29, 1.82) is 0 Å². The number of rotatable bonds is 3. The van der Waals surface area contributed by atoms with Gasteiger partial charge in [-0.25, -0.2) is 9.97 Å². The Balaban J connectivity index is 1.36. The van der Waals surface area contributed by atoms with Crippen molar-refractivity contribution in [2.45, 2.75) is 25.7 Å². The number of hydrogen-bond donors (Lipinski definition) is 0. The summed E-state index contributed by atoms with van der Waals surface area (Å²) in [6, 6.07) is 9.85. The molecule has 1 aromatic carbocycles. The van der Waals surface area contributed by atoms with Crippen LogP contribution in [0.3, 0.4) is 0 Å². The topological polar surface area (TPSA) is 80.0 Å². The summed E-state index contributed by atoms with van der Waals surface area (Å²) in [6.45, 7) is 2.97. The average Bonchev–Trinajstić information content (AvgIpc) is 3.44. The van der Waals surface area contributed by atoms with Crippen LogP contribution in [-0.2, 0) is 4.79 Å². The second kappa shape index (κ2) is 7.18. The van der Waals surface area contributed by atoms with Crippen LogP contribution in [0.2, 0.25) is 0 Å². The molecule has 8 heteroatoms. The molecule has 28 heavy (non-hydrogen) atoms. The Morgan fingerprint density at radius 2 is 1.71 bits per heavy atom. The van der Waals surface area contributed by atoms with E-state index in [9.17, 15) is 4.79 Å². The highest BCUT2D eigenvalue weighted by Crippen LogP contribution is 2.28. The molecule has 1 amide bonds. The van der Waals surface area contributed by atoms with E-state index in [-0.39, 0.29) is 5.92 Å². The number of fused-ring (bicyclic) bond motifs is 1. The molecule has 1 saturated carbocycles. The second-order valence-electron chi connectivity index (χ2n) is 7.50. The second-order valence-corrected chi connectivity index (χ2v) is 7.50. The van der Waals surface area contributed by atoms with Crippen LogP contribution in [0.25, 0.3) is 16.9 Å². The predicted octanol–water partition coefficient (Wildman–Crippen LogP) is 2.05. The van der Waals surface area contributed by atoms with Gasteiger partial charge in [0.05, 0.1) is 5.69 Å². The summed E-state index contributed by atoms with van der Waals surface area (Å²) >= 11 is 0. The highest BCUT2D eigenvalue weighted by Gasteiger charge is 2.30. The molecule has 0 N–H and O–H groups in total. The van der Waals surface area contributed by atoms with Gasteiger partial charge in [0, 0.05) is 32.1 Å². The van der Waals surface area contributed by atoms with E-state index in [2.05, 4.69) is 25.2 Å². The maximum absolute atomic E-state index is 12.7. The maximum atomic E-state index is 12.7. The number of benzene rings is 1. The summed E-state index contributed by atoms with van der Waals surface area (Å²) in [5.74, 6) is 1.36. The monoisotopic (exact) mass is 377 g/mol. The summed E-state index contributed by atoms with van der Waals surface area (Å²) in [5.41, 5.74) is 2.31. The van der Waals surface area contributed by atoms with Crippen molar-refractivity contribution in [2.24, 2.45) is 5.92 Å². The molecule has 0 spiro atoms. The molecule has 1 aliphatic heterocycles. The molecule has 3 heterocycles. The number of carbonyl (C=O) groups is 1. The minimum absolute atomic E-state index is 0.239. The molecule has 0 atom stereocenters. The van der Waals surface area contributed by atoms with Crippen LogP contribution in [0.1, 0.15) is 25.7 Å². The molecule has 8 nitrogen and oxygen atoms in total. The van der Waals surface area contributed by atoms with Gasteiger partial charge in [-0.3, -0.25) is 4.79 Å². The lowest BCUT2D eigenvalue weighted by molar-refractivity contribution is -0.135. The number of para-hydroxylation sites is 1. The van der Waals surface area contributed by atoms with Crippen LogP contribution >= 0.6 is 0 Å². The number of anilines is 1. The number of nitrogens with zero attached hydrogens (tertiary/aromatic N) is 7. The number of amides is 1. The third-order valence-corrected chi connectivity index (χ3v) is 5.81. The number of aromatic nitrogens is 5. The number of hydrogen-bond acceptors (Lipinski definition) is 6. The Labute approximate surface area is 163 Å². The lowest BCUT2D eigenvalue weighted by atomic mass is 10.1. The Kier molecular flexibility index (Phi) is 4.38. The third kappa shape index (κ3) is 2.98. The smallest absolute Gasteiger partial charge is 0.225 e. The van der Waals surface area contributed by atoms with Crippen LogP contribution in [0.4, 0.5) is 5.82 Å². The Morgan fingerprint density at radius 3 is 2.46 bits per heavy atom. The lowest BCUT2D eigenvalue weighted by Gasteiger charge is -2.36. The van der Waals surface area contributed by atoms with Gasteiger partial charge in [-0.05, 0) is 25.0 Å². The van der Waals surface area contributed by atoms with Gasteiger partial charge < -0.3 is 9.80 Å². The van der Waals surface area contributed by atoms with Gasteiger partial charge in [-0.1, -0.05) is 36.3 Å². The lowest BCUT2D eigenvalue weighted by Crippen LogP contribution is -2.50.